The van der Waals surface area contributed by atoms with Crippen LogP contribution in [0.25, 0.3) is 0 Å². The Morgan fingerprint density at radius 1 is 1.10 bits per heavy atom. The van der Waals surface area contributed by atoms with Gasteiger partial charge in [0.25, 0.3) is 15.9 Å². The van der Waals surface area contributed by atoms with E-state index in [0.717, 1.165) is 10.5 Å². The Morgan fingerprint density at radius 3 is 2.51 bits per heavy atom. The number of benzene rings is 2. The number of likely N-dealkylation sites (tertiary alicyclic amines) is 1. The molecule has 0 saturated carbocycles. The van der Waals surface area contributed by atoms with Gasteiger partial charge in [-0.1, -0.05) is 18.2 Å². The Morgan fingerprint density at radius 2 is 1.85 bits per heavy atom. The normalized spacial score (nSPS) is 27.5. The van der Waals surface area contributed by atoms with Crippen LogP contribution in [0, 0.1) is 0 Å². The zero-order valence-electron chi connectivity index (χ0n) is 21.4. The summed E-state index contributed by atoms with van der Waals surface area (Å²) in [5.74, 6) is -0.220. The first-order valence-electron chi connectivity index (χ1n) is 12.6. The van der Waals surface area contributed by atoms with Gasteiger partial charge in [0.2, 0.25) is 0 Å². The molecule has 0 bridgehead atoms. The maximum Gasteiger partial charge on any atom is 0.416 e. The highest BCUT2D eigenvalue weighted by Crippen LogP contribution is 2.57. The van der Waals surface area contributed by atoms with Gasteiger partial charge in [-0.25, -0.2) is 22.9 Å². The molecule has 2 aromatic rings. The summed E-state index contributed by atoms with van der Waals surface area (Å²) in [6.07, 6.45) is -1.09. The number of rotatable bonds is 4. The van der Waals surface area contributed by atoms with Gasteiger partial charge in [0.05, 0.1) is 37.4 Å². The summed E-state index contributed by atoms with van der Waals surface area (Å²) in [4.78, 5) is 41.9. The van der Waals surface area contributed by atoms with Crippen LogP contribution in [0.15, 0.2) is 53.4 Å². The van der Waals surface area contributed by atoms with E-state index >= 15 is 0 Å². The molecular formula is C26H28N4O8S. The smallest absolute Gasteiger partial charge is 0.416 e. The number of carbonyl (C=O) groups is 3. The molecule has 0 aliphatic carbocycles. The third-order valence-corrected chi connectivity index (χ3v) is 10.1. The van der Waals surface area contributed by atoms with E-state index in [0.29, 0.717) is 24.4 Å². The molecule has 3 saturated heterocycles. The number of para-hydroxylation sites is 1. The third kappa shape index (κ3) is 3.52. The molecule has 4 heterocycles. The van der Waals surface area contributed by atoms with Crippen LogP contribution in [0.3, 0.4) is 0 Å². The summed E-state index contributed by atoms with van der Waals surface area (Å²) >= 11 is 0. The highest BCUT2D eigenvalue weighted by atomic mass is 32.2. The molecule has 1 N–H and O–H groups in total. The lowest BCUT2D eigenvalue weighted by molar-refractivity contribution is -0.136. The molecule has 4 aliphatic rings. The molecule has 1 spiro atoms. The average Bonchev–Trinajstić information content (AvgIpc) is 3.66. The first-order valence-corrected chi connectivity index (χ1v) is 14.0. The van der Waals surface area contributed by atoms with Crippen molar-refractivity contribution in [2.75, 3.05) is 44.8 Å². The molecule has 6 rings (SSSR count). The van der Waals surface area contributed by atoms with Gasteiger partial charge < -0.3 is 19.5 Å². The zero-order valence-corrected chi connectivity index (χ0v) is 22.2. The zero-order chi connectivity index (χ0) is 27.5. The minimum atomic E-state index is -4.27. The third-order valence-electron chi connectivity index (χ3n) is 8.29. The monoisotopic (exact) mass is 556 g/mol. The lowest BCUT2D eigenvalue weighted by Gasteiger charge is -2.51. The molecule has 3 fully saturated rings. The summed E-state index contributed by atoms with van der Waals surface area (Å²) in [6.45, 7) is 0.660. The molecule has 2 aromatic carbocycles. The van der Waals surface area contributed by atoms with Gasteiger partial charge in [-0.2, -0.15) is 0 Å². The van der Waals surface area contributed by atoms with Crippen molar-refractivity contribution in [3.8, 4) is 5.75 Å². The molecule has 0 unspecified atom stereocenters. The predicted octanol–water partition coefficient (Wildman–Crippen LogP) is 1.30. The van der Waals surface area contributed by atoms with Gasteiger partial charge in [-0.3, -0.25) is 14.0 Å². The van der Waals surface area contributed by atoms with Crippen LogP contribution in [0.1, 0.15) is 12.0 Å². The number of nitrogens with one attached hydrogen (secondary N) is 1. The fourth-order valence-electron chi connectivity index (χ4n) is 6.65. The Kier molecular flexibility index (Phi) is 5.95. The summed E-state index contributed by atoms with van der Waals surface area (Å²) in [6, 6.07) is 10.4. The molecule has 0 aromatic heterocycles. The van der Waals surface area contributed by atoms with Crippen molar-refractivity contribution < 1.29 is 37.0 Å². The van der Waals surface area contributed by atoms with Crippen LogP contribution in [-0.4, -0.2) is 94.9 Å². The highest BCUT2D eigenvalue weighted by molar-refractivity contribution is 7.93. The minimum absolute atomic E-state index is 0.000341. The van der Waals surface area contributed by atoms with Crippen molar-refractivity contribution in [2.24, 2.45) is 0 Å². The number of piperidine rings is 1. The maximum absolute atomic E-state index is 14.5. The van der Waals surface area contributed by atoms with Gasteiger partial charge in [-0.05, 0) is 48.9 Å². The van der Waals surface area contributed by atoms with Gasteiger partial charge >= 0.3 is 12.2 Å². The lowest BCUT2D eigenvalue weighted by Crippen LogP contribution is -2.73. The number of cyclic esters (lactones) is 1. The molecular weight excluding hydrogens is 528 g/mol. The number of amides is 3. The van der Waals surface area contributed by atoms with Gasteiger partial charge in [0.1, 0.15) is 18.4 Å². The van der Waals surface area contributed by atoms with Crippen LogP contribution in [0.4, 0.5) is 15.3 Å². The molecule has 12 nitrogen and oxygen atoms in total. The van der Waals surface area contributed by atoms with E-state index in [-0.39, 0.29) is 30.6 Å². The van der Waals surface area contributed by atoms with Crippen LogP contribution in [-0.2, 0) is 29.7 Å². The molecule has 13 heteroatoms. The Balaban J connectivity index is 1.59. The topological polar surface area (TPSA) is 135 Å². The molecule has 206 valence electrons. The minimum Gasteiger partial charge on any atom is -0.497 e. The molecule has 4 aliphatic heterocycles. The van der Waals surface area contributed by atoms with Crippen molar-refractivity contribution in [1.29, 1.82) is 0 Å². The van der Waals surface area contributed by atoms with Crippen molar-refractivity contribution in [3.05, 3.63) is 54.1 Å². The van der Waals surface area contributed by atoms with Crippen LogP contribution in [0.5, 0.6) is 5.75 Å². The van der Waals surface area contributed by atoms with Crippen LogP contribution in [0.2, 0.25) is 0 Å². The first kappa shape index (κ1) is 25.4. The molecule has 4 atom stereocenters. The van der Waals surface area contributed by atoms with Crippen molar-refractivity contribution >= 4 is 33.8 Å². The number of ether oxygens (including phenoxy) is 3. The van der Waals surface area contributed by atoms with Gasteiger partial charge in [-0.15, -0.1) is 0 Å². The van der Waals surface area contributed by atoms with E-state index < -0.39 is 45.6 Å². The van der Waals surface area contributed by atoms with Crippen LogP contribution >= 0.6 is 0 Å². The van der Waals surface area contributed by atoms with Crippen molar-refractivity contribution in [3.63, 3.8) is 0 Å². The standard InChI is InChI=1S/C26H28N4O8S/c1-36-16-7-9-17(10-8-16)39(34,35)30-19-6-4-3-5-18(19)26-11-12-27-20(26)15-29(24(32)37-2)21(22(26)30)23(31)28-13-14-38-25(28)33/h3-10,20-22,27H,11-15H2,1-2H3/t20-,21+,22-,26+/m0/s1. The fraction of sp³-hybridized carbons (Fsp3) is 0.423. The molecule has 3 amide bonds. The number of fused-ring (bicyclic) bond motifs is 1. The van der Waals surface area contributed by atoms with Gasteiger partial charge in [0, 0.05) is 18.0 Å². The van der Waals surface area contributed by atoms with Crippen molar-refractivity contribution in [1.82, 2.24) is 15.1 Å². The Labute approximate surface area is 225 Å². The number of anilines is 1. The number of hydrogen-bond acceptors (Lipinski definition) is 9. The maximum atomic E-state index is 14.5. The first-order chi connectivity index (χ1) is 18.8. The summed E-state index contributed by atoms with van der Waals surface area (Å²) in [7, 11) is -1.58. The second kappa shape index (κ2) is 9.12. The Bertz CT molecular complexity index is 1450. The number of imide groups is 1. The highest BCUT2D eigenvalue weighted by Gasteiger charge is 2.68. The average molecular weight is 557 g/mol. The van der Waals surface area contributed by atoms with Crippen molar-refractivity contribution in [2.45, 2.75) is 34.9 Å². The molecule has 0 radical (unpaired) electrons. The largest absolute Gasteiger partial charge is 0.497 e. The number of sulfonamides is 1. The summed E-state index contributed by atoms with van der Waals surface area (Å²) in [5.41, 5.74) is 0.360. The van der Waals surface area contributed by atoms with Gasteiger partial charge in [0.15, 0.2) is 0 Å². The number of nitrogens with zero attached hydrogens (tertiary/aromatic N) is 3. The van der Waals surface area contributed by atoms with E-state index in [1.807, 2.05) is 12.1 Å². The fourth-order valence-corrected chi connectivity index (χ4v) is 8.38. The van der Waals surface area contributed by atoms with Crippen LogP contribution < -0.4 is 14.4 Å². The Hall–Kier alpha value is -3.84. The quantitative estimate of drug-likeness (QED) is 0.591. The van der Waals surface area contributed by atoms with E-state index in [1.165, 1.54) is 35.6 Å². The summed E-state index contributed by atoms with van der Waals surface area (Å²) < 4.78 is 45.4. The van der Waals surface area contributed by atoms with E-state index in [9.17, 15) is 22.8 Å². The number of hydrogen-bond donors (Lipinski definition) is 1. The molecule has 39 heavy (non-hydrogen) atoms. The lowest BCUT2D eigenvalue weighted by atomic mass is 9.66. The SMILES string of the molecule is COC(=O)N1C[C@@H]2NCC[C@@]23c2ccccc2N(S(=O)(=O)c2ccc(OC)cc2)[C@H]3[C@@H]1C(=O)N1CCOC1=O. The summed E-state index contributed by atoms with van der Waals surface area (Å²) in [5, 5.41) is 3.43. The number of methoxy groups -OCH3 is 2. The second-order valence-electron chi connectivity index (χ2n) is 9.91. The van der Waals surface area contributed by atoms with E-state index in [4.69, 9.17) is 14.2 Å². The second-order valence-corrected chi connectivity index (χ2v) is 11.7. The number of carbonyl (C=O) groups excluding carboxylic acids is 3. The van der Waals surface area contributed by atoms with E-state index in [1.54, 1.807) is 24.3 Å². The predicted molar refractivity (Wildman–Crippen MR) is 137 cm³/mol. The van der Waals surface area contributed by atoms with E-state index in [2.05, 4.69) is 5.32 Å².